The Bertz CT molecular complexity index is 201. The van der Waals surface area contributed by atoms with Gasteiger partial charge in [0, 0.05) is 6.54 Å². The van der Waals surface area contributed by atoms with Gasteiger partial charge in [0.05, 0.1) is 12.0 Å². The molecule has 0 aromatic rings. The molecular weight excluding hydrogens is 166 g/mol. The van der Waals surface area contributed by atoms with Crippen LogP contribution in [0.4, 0.5) is 0 Å². The van der Waals surface area contributed by atoms with E-state index in [0.29, 0.717) is 19.1 Å². The molecule has 13 heavy (non-hydrogen) atoms. The monoisotopic (exact) mass is 183 g/mol. The fourth-order valence-electron chi connectivity index (χ4n) is 1.73. The van der Waals surface area contributed by atoms with Gasteiger partial charge in [-0.2, -0.15) is 0 Å². The summed E-state index contributed by atoms with van der Waals surface area (Å²) < 4.78 is 5.25. The molecule has 0 saturated heterocycles. The van der Waals surface area contributed by atoms with Crippen LogP contribution < -0.4 is 5.73 Å². The van der Waals surface area contributed by atoms with Crippen LogP contribution in [-0.2, 0) is 9.53 Å². The van der Waals surface area contributed by atoms with E-state index >= 15 is 0 Å². The molecule has 0 amide bonds. The highest BCUT2D eigenvalue weighted by Gasteiger charge is 2.44. The van der Waals surface area contributed by atoms with Crippen molar-refractivity contribution in [2.75, 3.05) is 13.2 Å². The van der Waals surface area contributed by atoms with Crippen LogP contribution in [-0.4, -0.2) is 19.1 Å². The Hall–Kier alpha value is -0.570. The zero-order chi connectivity index (χ0) is 9.31. The standard InChI is InChI=1S/C10H17NO2/c11-7-10(4-1-5-10)9(12)13-6-8-2-3-8/h8H,1-7,11H2. The molecule has 2 saturated carbocycles. The number of ether oxygens (including phenoxy) is 1. The van der Waals surface area contributed by atoms with Crippen LogP contribution in [0.1, 0.15) is 32.1 Å². The van der Waals surface area contributed by atoms with Crippen molar-refractivity contribution in [3.8, 4) is 0 Å². The van der Waals surface area contributed by atoms with Crippen LogP contribution in [0, 0.1) is 11.3 Å². The molecule has 2 N–H and O–H groups in total. The second-order valence-corrected chi connectivity index (χ2v) is 4.38. The van der Waals surface area contributed by atoms with Gasteiger partial charge in [-0.1, -0.05) is 6.42 Å². The van der Waals surface area contributed by atoms with Crippen LogP contribution in [0.25, 0.3) is 0 Å². The van der Waals surface area contributed by atoms with Crippen molar-refractivity contribution in [2.45, 2.75) is 32.1 Å². The lowest BCUT2D eigenvalue weighted by Crippen LogP contribution is -2.45. The first-order chi connectivity index (χ1) is 6.27. The summed E-state index contributed by atoms with van der Waals surface area (Å²) in [5, 5.41) is 0. The molecule has 2 aliphatic rings. The molecule has 2 fully saturated rings. The summed E-state index contributed by atoms with van der Waals surface area (Å²) in [7, 11) is 0. The molecule has 3 nitrogen and oxygen atoms in total. The highest BCUT2D eigenvalue weighted by molar-refractivity contribution is 5.78. The van der Waals surface area contributed by atoms with Gasteiger partial charge in [0.15, 0.2) is 0 Å². The molecule has 0 spiro atoms. The minimum atomic E-state index is -0.297. The highest BCUT2D eigenvalue weighted by Crippen LogP contribution is 2.41. The van der Waals surface area contributed by atoms with E-state index in [1.165, 1.54) is 12.8 Å². The Morgan fingerprint density at radius 3 is 2.54 bits per heavy atom. The van der Waals surface area contributed by atoms with Crippen molar-refractivity contribution in [1.29, 1.82) is 0 Å². The lowest BCUT2D eigenvalue weighted by molar-refractivity contribution is -0.161. The maximum Gasteiger partial charge on any atom is 0.313 e. The van der Waals surface area contributed by atoms with Crippen molar-refractivity contribution >= 4 is 5.97 Å². The molecular formula is C10H17NO2. The minimum absolute atomic E-state index is 0.0480. The van der Waals surface area contributed by atoms with Gasteiger partial charge in [0.2, 0.25) is 0 Å². The highest BCUT2D eigenvalue weighted by atomic mass is 16.5. The van der Waals surface area contributed by atoms with E-state index in [9.17, 15) is 4.79 Å². The third kappa shape index (κ3) is 1.70. The third-order valence-electron chi connectivity index (χ3n) is 3.28. The molecule has 0 aliphatic heterocycles. The van der Waals surface area contributed by atoms with E-state index in [-0.39, 0.29) is 11.4 Å². The fraction of sp³-hybridized carbons (Fsp3) is 0.900. The average molecular weight is 183 g/mol. The van der Waals surface area contributed by atoms with Crippen LogP contribution in [0.15, 0.2) is 0 Å². The van der Waals surface area contributed by atoms with Gasteiger partial charge < -0.3 is 10.5 Å². The van der Waals surface area contributed by atoms with Crippen molar-refractivity contribution in [1.82, 2.24) is 0 Å². The summed E-state index contributed by atoms with van der Waals surface area (Å²) in [5.74, 6) is 0.604. The number of nitrogens with two attached hydrogens (primary N) is 1. The van der Waals surface area contributed by atoms with Gasteiger partial charge in [-0.25, -0.2) is 0 Å². The molecule has 0 heterocycles. The van der Waals surface area contributed by atoms with Gasteiger partial charge in [-0.15, -0.1) is 0 Å². The summed E-state index contributed by atoms with van der Waals surface area (Å²) in [6.07, 6.45) is 5.42. The Labute approximate surface area is 78.6 Å². The molecule has 0 bridgehead atoms. The summed E-state index contributed by atoms with van der Waals surface area (Å²) in [6, 6.07) is 0. The van der Waals surface area contributed by atoms with Crippen molar-refractivity contribution in [3.05, 3.63) is 0 Å². The van der Waals surface area contributed by atoms with Gasteiger partial charge in [-0.3, -0.25) is 4.79 Å². The number of hydrogen-bond donors (Lipinski definition) is 1. The predicted molar refractivity (Wildman–Crippen MR) is 49.0 cm³/mol. The lowest BCUT2D eigenvalue weighted by atomic mass is 9.69. The molecule has 74 valence electrons. The van der Waals surface area contributed by atoms with E-state index < -0.39 is 0 Å². The summed E-state index contributed by atoms with van der Waals surface area (Å²) >= 11 is 0. The Morgan fingerprint density at radius 1 is 1.46 bits per heavy atom. The molecule has 0 radical (unpaired) electrons. The maximum absolute atomic E-state index is 11.6. The number of esters is 1. The largest absolute Gasteiger partial charge is 0.465 e. The van der Waals surface area contributed by atoms with Crippen molar-refractivity contribution in [2.24, 2.45) is 17.1 Å². The average Bonchev–Trinajstić information content (AvgIpc) is 2.82. The fourth-order valence-corrected chi connectivity index (χ4v) is 1.73. The number of carbonyl (C=O) groups excluding carboxylic acids is 1. The van der Waals surface area contributed by atoms with Crippen LogP contribution in [0.5, 0.6) is 0 Å². The van der Waals surface area contributed by atoms with Crippen LogP contribution >= 0.6 is 0 Å². The molecule has 2 aliphatic carbocycles. The van der Waals surface area contributed by atoms with E-state index in [2.05, 4.69) is 0 Å². The van der Waals surface area contributed by atoms with Crippen LogP contribution in [0.3, 0.4) is 0 Å². The molecule has 0 aromatic heterocycles. The number of hydrogen-bond acceptors (Lipinski definition) is 3. The Morgan fingerprint density at radius 2 is 2.15 bits per heavy atom. The van der Waals surface area contributed by atoms with E-state index in [4.69, 9.17) is 10.5 Å². The third-order valence-corrected chi connectivity index (χ3v) is 3.28. The van der Waals surface area contributed by atoms with Gasteiger partial charge in [0.25, 0.3) is 0 Å². The second-order valence-electron chi connectivity index (χ2n) is 4.38. The first-order valence-corrected chi connectivity index (χ1v) is 5.14. The van der Waals surface area contributed by atoms with Gasteiger partial charge in [-0.05, 0) is 31.6 Å². The zero-order valence-electron chi connectivity index (χ0n) is 7.92. The summed E-state index contributed by atoms with van der Waals surface area (Å²) in [4.78, 5) is 11.6. The van der Waals surface area contributed by atoms with E-state index in [1.807, 2.05) is 0 Å². The molecule has 0 aromatic carbocycles. The maximum atomic E-state index is 11.6. The Balaban J connectivity index is 1.79. The Kier molecular flexibility index (Phi) is 2.28. The van der Waals surface area contributed by atoms with E-state index in [1.54, 1.807) is 0 Å². The van der Waals surface area contributed by atoms with E-state index in [0.717, 1.165) is 19.3 Å². The molecule has 3 heteroatoms. The SMILES string of the molecule is NCC1(C(=O)OCC2CC2)CCC1. The first kappa shape index (κ1) is 9.00. The van der Waals surface area contributed by atoms with Gasteiger partial charge >= 0.3 is 5.97 Å². The minimum Gasteiger partial charge on any atom is -0.465 e. The summed E-state index contributed by atoms with van der Waals surface area (Å²) in [5.41, 5.74) is 5.29. The first-order valence-electron chi connectivity index (χ1n) is 5.14. The van der Waals surface area contributed by atoms with Crippen LogP contribution in [0.2, 0.25) is 0 Å². The predicted octanol–water partition coefficient (Wildman–Crippen LogP) is 1.07. The second kappa shape index (κ2) is 3.29. The van der Waals surface area contributed by atoms with Gasteiger partial charge in [0.1, 0.15) is 0 Å². The lowest BCUT2D eigenvalue weighted by Gasteiger charge is -2.37. The van der Waals surface area contributed by atoms with Crippen molar-refractivity contribution < 1.29 is 9.53 Å². The normalized spacial score (nSPS) is 25.0. The smallest absolute Gasteiger partial charge is 0.313 e. The molecule has 2 rings (SSSR count). The molecule has 0 unspecified atom stereocenters. The molecule has 0 atom stereocenters. The number of rotatable bonds is 4. The topological polar surface area (TPSA) is 52.3 Å². The quantitative estimate of drug-likeness (QED) is 0.663. The summed E-state index contributed by atoms with van der Waals surface area (Å²) in [6.45, 7) is 1.08. The zero-order valence-corrected chi connectivity index (χ0v) is 7.92. The number of carbonyl (C=O) groups is 1. The van der Waals surface area contributed by atoms with Crippen molar-refractivity contribution in [3.63, 3.8) is 0 Å².